The predicted octanol–water partition coefficient (Wildman–Crippen LogP) is 1.82. The lowest BCUT2D eigenvalue weighted by Crippen LogP contribution is -2.44. The number of aromatic nitrogens is 4. The number of carbonyl (C=O) groups is 1. The second-order valence-corrected chi connectivity index (χ2v) is 6.78. The standard InChI is InChI=1S/C17H25N7O/c1-12-4-5-15(24-11-18-21-22-24)10-16(12)20-17(25)19-13(2)14-6-8-23(3)9-7-14/h4-5,10-11,13-14H,6-9H2,1-3H3,(H2,19,20,25). The number of benzene rings is 1. The maximum atomic E-state index is 12.4. The van der Waals surface area contributed by atoms with E-state index in [2.05, 4.69) is 45.0 Å². The number of carbonyl (C=O) groups excluding carboxylic acids is 1. The van der Waals surface area contributed by atoms with Crippen LogP contribution in [0.25, 0.3) is 5.69 Å². The number of nitrogens with zero attached hydrogens (tertiary/aromatic N) is 5. The first-order valence-electron chi connectivity index (χ1n) is 8.63. The van der Waals surface area contributed by atoms with Gasteiger partial charge in [-0.25, -0.2) is 9.48 Å². The molecule has 1 aromatic carbocycles. The van der Waals surface area contributed by atoms with E-state index in [1.165, 1.54) is 6.33 Å². The van der Waals surface area contributed by atoms with Crippen molar-refractivity contribution in [3.63, 3.8) is 0 Å². The highest BCUT2D eigenvalue weighted by Crippen LogP contribution is 2.21. The Bertz CT molecular complexity index is 708. The summed E-state index contributed by atoms with van der Waals surface area (Å²) < 4.78 is 1.56. The minimum atomic E-state index is -0.177. The minimum absolute atomic E-state index is 0.150. The van der Waals surface area contributed by atoms with E-state index < -0.39 is 0 Å². The minimum Gasteiger partial charge on any atom is -0.335 e. The summed E-state index contributed by atoms with van der Waals surface area (Å²) in [5.41, 5.74) is 2.54. The first-order chi connectivity index (χ1) is 12.0. The molecule has 1 saturated heterocycles. The van der Waals surface area contributed by atoms with E-state index in [1.54, 1.807) is 4.68 Å². The van der Waals surface area contributed by atoms with Gasteiger partial charge in [0, 0.05) is 11.7 Å². The van der Waals surface area contributed by atoms with Gasteiger partial charge in [-0.1, -0.05) is 6.07 Å². The van der Waals surface area contributed by atoms with Gasteiger partial charge in [-0.05, 0) is 80.9 Å². The summed E-state index contributed by atoms with van der Waals surface area (Å²) >= 11 is 0. The maximum Gasteiger partial charge on any atom is 0.319 e. The Balaban J connectivity index is 1.61. The lowest BCUT2D eigenvalue weighted by Gasteiger charge is -2.33. The van der Waals surface area contributed by atoms with Crippen LogP contribution in [0.4, 0.5) is 10.5 Å². The highest BCUT2D eigenvalue weighted by Gasteiger charge is 2.23. The molecule has 3 rings (SSSR count). The summed E-state index contributed by atoms with van der Waals surface area (Å²) in [7, 11) is 2.14. The van der Waals surface area contributed by atoms with Crippen LogP contribution in [0.1, 0.15) is 25.3 Å². The molecule has 134 valence electrons. The van der Waals surface area contributed by atoms with Crippen LogP contribution in [0.15, 0.2) is 24.5 Å². The molecule has 0 spiro atoms. The molecule has 1 aliphatic heterocycles. The van der Waals surface area contributed by atoms with Crippen LogP contribution in [0, 0.1) is 12.8 Å². The monoisotopic (exact) mass is 343 g/mol. The number of rotatable bonds is 4. The molecule has 8 nitrogen and oxygen atoms in total. The van der Waals surface area contributed by atoms with Gasteiger partial charge in [0.2, 0.25) is 0 Å². The van der Waals surface area contributed by atoms with Gasteiger partial charge >= 0.3 is 6.03 Å². The van der Waals surface area contributed by atoms with Crippen molar-refractivity contribution in [2.24, 2.45) is 5.92 Å². The number of piperidine rings is 1. The van der Waals surface area contributed by atoms with Crippen molar-refractivity contribution in [3.8, 4) is 5.69 Å². The third kappa shape index (κ3) is 4.33. The molecule has 2 N–H and O–H groups in total. The fourth-order valence-corrected chi connectivity index (χ4v) is 3.18. The van der Waals surface area contributed by atoms with Crippen LogP contribution < -0.4 is 10.6 Å². The number of tetrazole rings is 1. The molecule has 1 atom stereocenters. The molecule has 8 heteroatoms. The average Bonchev–Trinajstić information content (AvgIpc) is 3.12. The first-order valence-corrected chi connectivity index (χ1v) is 8.63. The lowest BCUT2D eigenvalue weighted by molar-refractivity contribution is 0.189. The number of likely N-dealkylation sites (tertiary alicyclic amines) is 1. The molecule has 1 aromatic heterocycles. The molecule has 0 radical (unpaired) electrons. The summed E-state index contributed by atoms with van der Waals surface area (Å²) in [5, 5.41) is 17.2. The maximum absolute atomic E-state index is 12.4. The van der Waals surface area contributed by atoms with Gasteiger partial charge in [0.15, 0.2) is 0 Å². The van der Waals surface area contributed by atoms with Gasteiger partial charge in [0.25, 0.3) is 0 Å². The third-order valence-corrected chi connectivity index (χ3v) is 4.91. The Morgan fingerprint density at radius 1 is 1.32 bits per heavy atom. The molecule has 1 unspecified atom stereocenters. The van der Waals surface area contributed by atoms with Crippen molar-refractivity contribution >= 4 is 11.7 Å². The quantitative estimate of drug-likeness (QED) is 0.884. The van der Waals surface area contributed by atoms with Crippen LogP contribution in [0.3, 0.4) is 0 Å². The van der Waals surface area contributed by atoms with Gasteiger partial charge < -0.3 is 15.5 Å². The van der Waals surface area contributed by atoms with Gasteiger partial charge in [0.1, 0.15) is 6.33 Å². The largest absolute Gasteiger partial charge is 0.335 e. The summed E-state index contributed by atoms with van der Waals surface area (Å²) in [6.07, 6.45) is 3.76. The summed E-state index contributed by atoms with van der Waals surface area (Å²) in [6, 6.07) is 5.69. The van der Waals surface area contributed by atoms with E-state index in [4.69, 9.17) is 0 Å². The normalized spacial score (nSPS) is 17.2. The van der Waals surface area contributed by atoms with E-state index in [-0.39, 0.29) is 12.1 Å². The van der Waals surface area contributed by atoms with E-state index in [0.29, 0.717) is 5.92 Å². The molecule has 0 aliphatic carbocycles. The Kier molecular flexibility index (Phi) is 5.28. The summed E-state index contributed by atoms with van der Waals surface area (Å²) in [5.74, 6) is 0.524. The molecule has 2 aromatic rings. The summed E-state index contributed by atoms with van der Waals surface area (Å²) in [4.78, 5) is 14.7. The highest BCUT2D eigenvalue weighted by atomic mass is 16.2. The van der Waals surface area contributed by atoms with Crippen LogP contribution in [-0.2, 0) is 0 Å². The van der Waals surface area contributed by atoms with Crippen LogP contribution in [0.2, 0.25) is 0 Å². The molecule has 0 bridgehead atoms. The SMILES string of the molecule is Cc1ccc(-n2cnnn2)cc1NC(=O)NC(C)C1CCN(C)CC1. The fourth-order valence-electron chi connectivity index (χ4n) is 3.18. The molecule has 2 amide bonds. The highest BCUT2D eigenvalue weighted by molar-refractivity contribution is 5.90. The van der Waals surface area contributed by atoms with Gasteiger partial charge in [-0.3, -0.25) is 0 Å². The second-order valence-electron chi connectivity index (χ2n) is 6.78. The van der Waals surface area contributed by atoms with E-state index in [0.717, 1.165) is 42.9 Å². The number of urea groups is 1. The fraction of sp³-hybridized carbons (Fsp3) is 0.529. The van der Waals surface area contributed by atoms with E-state index in [1.807, 2.05) is 25.1 Å². The number of hydrogen-bond acceptors (Lipinski definition) is 5. The summed E-state index contributed by atoms with van der Waals surface area (Å²) in [6.45, 7) is 6.22. The average molecular weight is 343 g/mol. The number of aryl methyl sites for hydroxylation is 1. The molecule has 0 saturated carbocycles. The van der Waals surface area contributed by atoms with Crippen molar-refractivity contribution < 1.29 is 4.79 Å². The van der Waals surface area contributed by atoms with Crippen molar-refractivity contribution in [3.05, 3.63) is 30.1 Å². The zero-order chi connectivity index (χ0) is 17.8. The van der Waals surface area contributed by atoms with Crippen molar-refractivity contribution in [1.82, 2.24) is 30.4 Å². The van der Waals surface area contributed by atoms with E-state index in [9.17, 15) is 4.79 Å². The smallest absolute Gasteiger partial charge is 0.319 e. The van der Waals surface area contributed by atoms with E-state index >= 15 is 0 Å². The number of amides is 2. The molecular formula is C17H25N7O. The van der Waals surface area contributed by atoms with Crippen molar-refractivity contribution in [2.45, 2.75) is 32.7 Å². The Morgan fingerprint density at radius 2 is 2.08 bits per heavy atom. The number of anilines is 1. The Hall–Kier alpha value is -2.48. The lowest BCUT2D eigenvalue weighted by atomic mass is 9.90. The topological polar surface area (TPSA) is 88.0 Å². The zero-order valence-corrected chi connectivity index (χ0v) is 14.9. The number of nitrogens with one attached hydrogen (secondary N) is 2. The molecule has 1 aliphatic rings. The first kappa shape index (κ1) is 17.3. The Morgan fingerprint density at radius 3 is 2.76 bits per heavy atom. The molecule has 25 heavy (non-hydrogen) atoms. The van der Waals surface area contributed by atoms with Crippen molar-refractivity contribution in [2.75, 3.05) is 25.5 Å². The number of hydrogen-bond donors (Lipinski definition) is 2. The zero-order valence-electron chi connectivity index (χ0n) is 14.9. The van der Waals surface area contributed by atoms with Crippen LogP contribution >= 0.6 is 0 Å². The second kappa shape index (κ2) is 7.60. The Labute approximate surface area is 147 Å². The predicted molar refractivity (Wildman–Crippen MR) is 95.7 cm³/mol. The molecule has 1 fully saturated rings. The van der Waals surface area contributed by atoms with Gasteiger partial charge in [0.05, 0.1) is 5.69 Å². The van der Waals surface area contributed by atoms with Crippen LogP contribution in [-0.4, -0.2) is 57.3 Å². The molecule has 2 heterocycles. The molecular weight excluding hydrogens is 318 g/mol. The van der Waals surface area contributed by atoms with Gasteiger partial charge in [-0.15, -0.1) is 5.10 Å². The van der Waals surface area contributed by atoms with Gasteiger partial charge in [-0.2, -0.15) is 0 Å². The van der Waals surface area contributed by atoms with Crippen LogP contribution in [0.5, 0.6) is 0 Å². The third-order valence-electron chi connectivity index (χ3n) is 4.91. The van der Waals surface area contributed by atoms with Crippen molar-refractivity contribution in [1.29, 1.82) is 0 Å².